The Bertz CT molecular complexity index is 1570. The molecule has 2 unspecified atom stereocenters. The molecule has 3 N–H and O–H groups in total. The van der Waals surface area contributed by atoms with Crippen molar-refractivity contribution in [2.24, 2.45) is 5.92 Å². The molecule has 1 aliphatic rings. The van der Waals surface area contributed by atoms with Crippen molar-refractivity contribution in [1.82, 2.24) is 20.5 Å². The van der Waals surface area contributed by atoms with E-state index in [2.05, 4.69) is 15.6 Å². The quantitative estimate of drug-likeness (QED) is 0.237. The number of nitrogens with one attached hydrogen (secondary N) is 2. The number of aromatic nitrogens is 1. The number of nitrogens with zero attached hydrogens (tertiary/aromatic N) is 2. The largest absolute Gasteiger partial charge is 0.508 e. The molecule has 0 spiro atoms. The average molecular weight is 649 g/mol. The lowest BCUT2D eigenvalue weighted by Crippen LogP contribution is -2.55. The lowest BCUT2D eigenvalue weighted by Gasteiger charge is -2.32. The summed E-state index contributed by atoms with van der Waals surface area (Å²) in [5, 5.41) is 16.5. The highest BCUT2D eigenvalue weighted by Crippen LogP contribution is 2.19. The topological polar surface area (TPSA) is 155 Å². The number of ether oxygens (including phenoxy) is 1. The Morgan fingerprint density at radius 3 is 2.33 bits per heavy atom. The van der Waals surface area contributed by atoms with Crippen molar-refractivity contribution in [2.45, 2.75) is 56.1 Å². The Kier molecular flexibility index (Phi) is 12.3. The van der Waals surface area contributed by atoms with Crippen LogP contribution < -0.4 is 10.6 Å². The first-order valence-electron chi connectivity index (χ1n) is 15.3. The number of amides is 3. The number of urea groups is 1. The standard InChI is InChI=1S/C34H40N4O7S/c1-2-45-33(41)27-17-21-38(22-18-27)34(42)37-30(24-26-12-15-29(39)16-13-26)32(40)36-28(14-11-25-8-4-3-5-9-25)19-23-46(43,44)31-10-6-7-20-35-31/h3-10,12-13,15-16,19-20,23,27-28,30,39H,2,11,14,17-18,21-22,24H2,1H3,(H,36,40)(H,37,42). The fourth-order valence-corrected chi connectivity index (χ4v) is 6.16. The summed E-state index contributed by atoms with van der Waals surface area (Å²) >= 11 is 0. The molecule has 0 radical (unpaired) electrons. The predicted molar refractivity (Wildman–Crippen MR) is 172 cm³/mol. The first-order valence-corrected chi connectivity index (χ1v) is 16.9. The van der Waals surface area contributed by atoms with Gasteiger partial charge in [0.25, 0.3) is 0 Å². The number of esters is 1. The number of hydrogen-bond acceptors (Lipinski definition) is 8. The summed E-state index contributed by atoms with van der Waals surface area (Å²) in [5.41, 5.74) is 1.72. The number of phenols is 1. The summed E-state index contributed by atoms with van der Waals surface area (Å²) in [6, 6.07) is 18.4. The van der Waals surface area contributed by atoms with E-state index in [1.807, 2.05) is 30.3 Å². The van der Waals surface area contributed by atoms with Gasteiger partial charge in [0.15, 0.2) is 5.03 Å². The first-order chi connectivity index (χ1) is 22.1. The Morgan fingerprint density at radius 2 is 1.67 bits per heavy atom. The summed E-state index contributed by atoms with van der Waals surface area (Å²) in [4.78, 5) is 44.8. The van der Waals surface area contributed by atoms with Crippen LogP contribution in [0.1, 0.15) is 37.3 Å². The zero-order valence-electron chi connectivity index (χ0n) is 25.7. The van der Waals surface area contributed by atoms with E-state index in [0.29, 0.717) is 50.9 Å². The summed E-state index contributed by atoms with van der Waals surface area (Å²) in [5.74, 6) is -0.981. The summed E-state index contributed by atoms with van der Waals surface area (Å²) in [6.45, 7) is 2.71. The number of phenolic OH excluding ortho intramolecular Hbond substituents is 1. The van der Waals surface area contributed by atoms with Crippen LogP contribution in [0.4, 0.5) is 4.79 Å². The van der Waals surface area contributed by atoms with Crippen LogP contribution >= 0.6 is 0 Å². The number of sulfone groups is 1. The van der Waals surface area contributed by atoms with Gasteiger partial charge >= 0.3 is 12.0 Å². The number of piperidine rings is 1. The van der Waals surface area contributed by atoms with Gasteiger partial charge in [0, 0.05) is 37.2 Å². The van der Waals surface area contributed by atoms with Crippen LogP contribution in [-0.4, -0.2) is 73.1 Å². The van der Waals surface area contributed by atoms with Crippen LogP contribution in [0.5, 0.6) is 5.75 Å². The van der Waals surface area contributed by atoms with E-state index < -0.39 is 33.9 Å². The predicted octanol–water partition coefficient (Wildman–Crippen LogP) is 3.79. The van der Waals surface area contributed by atoms with Crippen molar-refractivity contribution in [3.8, 4) is 5.75 Å². The molecule has 12 heteroatoms. The van der Waals surface area contributed by atoms with Gasteiger partial charge in [0.1, 0.15) is 11.8 Å². The lowest BCUT2D eigenvalue weighted by molar-refractivity contribution is -0.149. The van der Waals surface area contributed by atoms with Crippen molar-refractivity contribution in [1.29, 1.82) is 0 Å². The molecule has 244 valence electrons. The van der Waals surface area contributed by atoms with E-state index in [1.54, 1.807) is 36.1 Å². The lowest BCUT2D eigenvalue weighted by atomic mass is 9.97. The van der Waals surface area contributed by atoms with Gasteiger partial charge in [-0.1, -0.05) is 54.6 Å². The molecule has 0 saturated carbocycles. The van der Waals surface area contributed by atoms with Crippen molar-refractivity contribution < 1.29 is 32.6 Å². The minimum Gasteiger partial charge on any atom is -0.508 e. The highest BCUT2D eigenvalue weighted by atomic mass is 32.2. The van der Waals surface area contributed by atoms with Gasteiger partial charge < -0.3 is 25.4 Å². The molecular formula is C34H40N4O7S. The summed E-state index contributed by atoms with van der Waals surface area (Å²) in [7, 11) is -3.87. The molecular weight excluding hydrogens is 608 g/mol. The fourth-order valence-electron chi connectivity index (χ4n) is 5.15. The van der Waals surface area contributed by atoms with Crippen molar-refractivity contribution in [2.75, 3.05) is 19.7 Å². The van der Waals surface area contributed by atoms with E-state index in [-0.39, 0.29) is 29.1 Å². The molecule has 46 heavy (non-hydrogen) atoms. The van der Waals surface area contributed by atoms with Crippen LogP contribution in [0.3, 0.4) is 0 Å². The number of carbonyl (C=O) groups excluding carboxylic acids is 3. The molecule has 0 aliphatic carbocycles. The van der Waals surface area contributed by atoms with Gasteiger partial charge in [0.2, 0.25) is 15.7 Å². The van der Waals surface area contributed by atoms with E-state index in [1.165, 1.54) is 30.5 Å². The maximum absolute atomic E-state index is 13.8. The van der Waals surface area contributed by atoms with Crippen LogP contribution in [0.15, 0.2) is 95.5 Å². The van der Waals surface area contributed by atoms with Crippen molar-refractivity contribution in [3.05, 3.63) is 102 Å². The number of aromatic hydroxyl groups is 1. The van der Waals surface area contributed by atoms with Crippen LogP contribution in [-0.2, 0) is 37.0 Å². The van der Waals surface area contributed by atoms with Crippen LogP contribution in [0.2, 0.25) is 0 Å². The van der Waals surface area contributed by atoms with E-state index in [4.69, 9.17) is 4.74 Å². The SMILES string of the molecule is CCOC(=O)C1CCN(C(=O)NC(Cc2ccc(O)cc2)C(=O)NC(C=CS(=O)(=O)c2ccccn2)CCc2ccccc2)CC1. The summed E-state index contributed by atoms with van der Waals surface area (Å²) < 4.78 is 31.0. The zero-order chi connectivity index (χ0) is 32.9. The number of benzene rings is 2. The molecule has 1 aliphatic heterocycles. The molecule has 0 bridgehead atoms. The van der Waals surface area contributed by atoms with E-state index in [0.717, 1.165) is 11.0 Å². The highest BCUT2D eigenvalue weighted by Gasteiger charge is 2.31. The number of aryl methyl sites for hydroxylation is 1. The molecule has 3 amide bonds. The number of likely N-dealkylation sites (tertiary alicyclic amines) is 1. The third-order valence-corrected chi connectivity index (χ3v) is 9.07. The monoisotopic (exact) mass is 648 g/mol. The zero-order valence-corrected chi connectivity index (χ0v) is 26.6. The van der Waals surface area contributed by atoms with Gasteiger partial charge in [0.05, 0.1) is 12.5 Å². The van der Waals surface area contributed by atoms with Gasteiger partial charge in [-0.15, -0.1) is 0 Å². The smallest absolute Gasteiger partial charge is 0.318 e. The maximum atomic E-state index is 13.8. The maximum Gasteiger partial charge on any atom is 0.318 e. The molecule has 1 fully saturated rings. The number of rotatable bonds is 13. The van der Waals surface area contributed by atoms with Gasteiger partial charge in [-0.25, -0.2) is 18.2 Å². The van der Waals surface area contributed by atoms with Crippen molar-refractivity contribution >= 4 is 27.7 Å². The second-order valence-electron chi connectivity index (χ2n) is 11.1. The van der Waals surface area contributed by atoms with E-state index in [9.17, 15) is 27.9 Å². The van der Waals surface area contributed by atoms with Gasteiger partial charge in [-0.2, -0.15) is 0 Å². The fraction of sp³-hybridized carbons (Fsp3) is 0.353. The van der Waals surface area contributed by atoms with Crippen molar-refractivity contribution in [3.63, 3.8) is 0 Å². The number of hydrogen-bond donors (Lipinski definition) is 3. The average Bonchev–Trinajstić information content (AvgIpc) is 3.07. The van der Waals surface area contributed by atoms with Gasteiger partial charge in [-0.3, -0.25) is 9.59 Å². The third kappa shape index (κ3) is 10.2. The Labute approximate surface area is 269 Å². The molecule has 3 aromatic rings. The minimum absolute atomic E-state index is 0.0680. The second kappa shape index (κ2) is 16.6. The summed E-state index contributed by atoms with van der Waals surface area (Å²) in [6.07, 6.45) is 4.82. The van der Waals surface area contributed by atoms with Crippen LogP contribution in [0.25, 0.3) is 0 Å². The molecule has 2 aromatic carbocycles. The third-order valence-electron chi connectivity index (χ3n) is 7.73. The minimum atomic E-state index is -3.87. The number of pyridine rings is 1. The highest BCUT2D eigenvalue weighted by molar-refractivity contribution is 7.94. The first kappa shape index (κ1) is 34.2. The molecule has 2 atom stereocenters. The normalized spacial score (nSPS) is 15.2. The number of carbonyl (C=O) groups is 3. The van der Waals surface area contributed by atoms with Crippen LogP contribution in [0, 0.1) is 5.92 Å². The Balaban J connectivity index is 1.51. The second-order valence-corrected chi connectivity index (χ2v) is 12.8. The Morgan fingerprint density at radius 1 is 0.978 bits per heavy atom. The molecule has 1 saturated heterocycles. The Hall–Kier alpha value is -4.71. The molecule has 4 rings (SSSR count). The van der Waals surface area contributed by atoms with E-state index >= 15 is 0 Å². The molecule has 1 aromatic heterocycles. The molecule has 2 heterocycles. The van der Waals surface area contributed by atoms with Gasteiger partial charge in [-0.05, 0) is 68.0 Å². The molecule has 11 nitrogen and oxygen atoms in total.